The average molecular weight is 1850 g/mol. The first-order valence-corrected chi connectivity index (χ1v) is 40.9. The summed E-state index contributed by atoms with van der Waals surface area (Å²) in [6, 6.07) is 16.0. The third-order valence-electron chi connectivity index (χ3n) is 16.7. The van der Waals surface area contributed by atoms with Crippen LogP contribution in [0.4, 0.5) is 52.2 Å². The summed E-state index contributed by atoms with van der Waals surface area (Å²) >= 11 is 47.0. The van der Waals surface area contributed by atoms with Gasteiger partial charge in [0.1, 0.15) is 89.2 Å². The van der Waals surface area contributed by atoms with Crippen molar-refractivity contribution in [2.75, 3.05) is 48.0 Å². The number of halogens is 17. The van der Waals surface area contributed by atoms with E-state index in [1.54, 1.807) is 61.3 Å². The fourth-order valence-electron chi connectivity index (χ4n) is 10.4. The van der Waals surface area contributed by atoms with E-state index in [1.165, 1.54) is 64.2 Å². The van der Waals surface area contributed by atoms with Gasteiger partial charge in [-0.05, 0) is 128 Å². The van der Waals surface area contributed by atoms with Crippen molar-refractivity contribution >= 4 is 206 Å². The molecule has 0 aromatic carbocycles. The smallest absolute Gasteiger partial charge is 0.264 e. The number of nitrogens with one attached hydrogen (secondary N) is 1. The minimum atomic E-state index is -2.52. The number of pyridine rings is 5. The molecule has 12 heterocycles. The highest BCUT2D eigenvalue weighted by atomic mass is 79.9. The Kier molecular flexibility index (Phi) is 33.6. The van der Waals surface area contributed by atoms with E-state index in [4.69, 9.17) is 85.6 Å². The minimum absolute atomic E-state index is 0.00416. The number of aliphatic hydroxyl groups is 1. The Morgan fingerprint density at radius 3 is 1.30 bits per heavy atom. The number of fused-ring (bicyclic) bond motifs is 5. The van der Waals surface area contributed by atoms with Crippen molar-refractivity contribution in [1.82, 2.24) is 73.1 Å². The van der Waals surface area contributed by atoms with Crippen molar-refractivity contribution in [1.29, 1.82) is 0 Å². The van der Waals surface area contributed by atoms with Gasteiger partial charge < -0.3 is 42.9 Å². The van der Waals surface area contributed by atoms with Gasteiger partial charge in [0.2, 0.25) is 0 Å². The highest BCUT2D eigenvalue weighted by molar-refractivity contribution is 9.10. The molecule has 2 N–H and O–H groups in total. The van der Waals surface area contributed by atoms with Gasteiger partial charge in [0.25, 0.3) is 42.8 Å². The predicted molar refractivity (Wildman–Crippen MR) is 434 cm³/mol. The quantitative estimate of drug-likeness (QED) is 0.0276. The van der Waals surface area contributed by atoms with E-state index in [0.717, 1.165) is 57.4 Å². The van der Waals surface area contributed by atoms with E-state index in [-0.39, 0.29) is 92.0 Å². The number of amides is 2. The van der Waals surface area contributed by atoms with Gasteiger partial charge in [-0.25, -0.2) is 85.0 Å². The highest BCUT2D eigenvalue weighted by Gasteiger charge is 2.38. The van der Waals surface area contributed by atoms with Crippen LogP contribution in [-0.4, -0.2) is 162 Å². The molecule has 12 aromatic rings. The molecular weight excluding hydrogens is 1780 g/mol. The molecule has 23 nitrogen and oxygen atoms in total. The molecule has 2 amide bonds. The molecule has 0 saturated heterocycles. The second kappa shape index (κ2) is 41.9. The number of hydrogen-bond acceptors (Lipinski definition) is 17. The fraction of sp³-hybridized carbons (Fsp3) is 0.306. The summed E-state index contributed by atoms with van der Waals surface area (Å²) in [6.45, 7) is 12.1. The highest BCUT2D eigenvalue weighted by Crippen LogP contribution is 2.37. The van der Waals surface area contributed by atoms with Crippen molar-refractivity contribution < 1.29 is 59.0 Å². The van der Waals surface area contributed by atoms with Crippen LogP contribution in [0.2, 0.25) is 49.1 Å². The van der Waals surface area contributed by atoms with Crippen LogP contribution >= 0.6 is 113 Å². The van der Waals surface area contributed by atoms with E-state index in [1.807, 2.05) is 24.4 Å². The molecular formula is C72H69Br2Cl7F8N18O5Si. The first-order chi connectivity index (χ1) is 53.6. The lowest BCUT2D eigenvalue weighted by atomic mass is 10.2. The molecule has 0 saturated carbocycles. The summed E-state index contributed by atoms with van der Waals surface area (Å²) in [5.74, 6) is -1.13. The van der Waals surface area contributed by atoms with Gasteiger partial charge in [0.15, 0.2) is 8.32 Å². The van der Waals surface area contributed by atoms with Gasteiger partial charge >= 0.3 is 0 Å². The van der Waals surface area contributed by atoms with Gasteiger partial charge in [-0.15, -0.1) is 0 Å². The van der Waals surface area contributed by atoms with Gasteiger partial charge in [0.05, 0.1) is 80.7 Å². The first-order valence-electron chi connectivity index (χ1n) is 33.8. The van der Waals surface area contributed by atoms with Crippen LogP contribution in [0.15, 0.2) is 144 Å². The van der Waals surface area contributed by atoms with E-state index in [0.29, 0.717) is 44.7 Å². The molecule has 0 spiro atoms. The van der Waals surface area contributed by atoms with Gasteiger partial charge in [-0.3, -0.25) is 19.4 Å². The number of alkyl halides is 8. The lowest BCUT2D eigenvalue weighted by molar-refractivity contribution is 0.0973. The van der Waals surface area contributed by atoms with E-state index in [2.05, 4.69) is 151 Å². The maximum atomic E-state index is 13.5. The Hall–Kier alpha value is -8.13. The number of allylic oxidation sites excluding steroid dienone is 1. The molecule has 0 radical (unpaired) electrons. The van der Waals surface area contributed by atoms with Crippen LogP contribution in [0.25, 0.3) is 50.2 Å². The van der Waals surface area contributed by atoms with E-state index >= 15 is 0 Å². The molecule has 13 rings (SSSR count). The lowest BCUT2D eigenvalue weighted by Crippen LogP contribution is -2.43. The number of aliphatic hydroxyl groups excluding tert-OH is 1. The number of nitrogens with zero attached hydrogens (tertiary/aromatic N) is 17. The summed E-state index contributed by atoms with van der Waals surface area (Å²) in [4.78, 5) is 83.0. The normalized spacial score (nSPS) is 11.8. The molecule has 0 bridgehead atoms. The van der Waals surface area contributed by atoms with Crippen LogP contribution < -0.4 is 15.1 Å². The Balaban J connectivity index is 0.000000180. The zero-order valence-corrected chi connectivity index (χ0v) is 69.9. The summed E-state index contributed by atoms with van der Waals surface area (Å²) in [5.41, 5.74) is 5.89. The zero-order valence-electron chi connectivity index (χ0n) is 60.5. The van der Waals surface area contributed by atoms with Crippen molar-refractivity contribution in [3.05, 3.63) is 203 Å². The summed E-state index contributed by atoms with van der Waals surface area (Å²) in [6.07, 6.45) is 14.2. The average Bonchev–Trinajstić information content (AvgIpc) is 1.56. The molecule has 113 heavy (non-hydrogen) atoms. The molecule has 0 unspecified atom stereocenters. The number of carbonyl (C=O) groups is 3. The molecule has 0 aliphatic heterocycles. The van der Waals surface area contributed by atoms with E-state index in [9.17, 15) is 54.6 Å². The lowest BCUT2D eigenvalue weighted by Gasteiger charge is -2.36. The van der Waals surface area contributed by atoms with Crippen LogP contribution in [0.1, 0.15) is 76.4 Å². The molecule has 41 heteroatoms. The SMILES string of the molecule is Brc1cnc2c(c1)C=CC2.CC(C)(C)[Si](C)(C)OCCN(C(=O)c1c(Cl)ncnc1Cl)c1cnc2c(ccn2CC(F)F)c1.CCCNc1cnc2c(ccn2CC(F)F)c1.FC(F)Cn1ccc2cc(Br)cnc21.O=C(Cl)c1c(Cl)ncnc1Cl.O=C(c1c(Cl)ncnc1Cl)N(CCO)c1cnc2c(ccn2CC(F)F)c1. The predicted octanol–water partition coefficient (Wildman–Crippen LogP) is 19.9. The number of carbonyl (C=O) groups excluding carboxylic acids is 3. The first kappa shape index (κ1) is 90.4. The molecule has 600 valence electrons. The number of hydrogen-bond donors (Lipinski definition) is 2. The molecule has 1 aliphatic carbocycles. The van der Waals surface area contributed by atoms with Gasteiger partial charge in [-0.2, -0.15) is 0 Å². The molecule has 1 aliphatic rings. The summed E-state index contributed by atoms with van der Waals surface area (Å²) < 4.78 is 114. The Labute approximate surface area is 694 Å². The minimum Gasteiger partial charge on any atom is -0.415 e. The van der Waals surface area contributed by atoms with Crippen LogP contribution in [0, 0.1) is 0 Å². The van der Waals surface area contributed by atoms with Crippen LogP contribution in [-0.2, 0) is 37.0 Å². The standard InChI is InChI=1S/C22H27Cl2F2N5O2Si.C16H13Cl2F2N5O2.C12H15F2N3.C9H7BrF2N2.C8H6BrN.C5HCl3N2O/c1-22(2,3)34(4,5)33-9-8-31(21(32)17-18(23)28-13-29-19(17)24)15-10-14-6-7-30(12-16(25)26)20(14)27-11-15;17-13-12(14(18)23-8-22-13)16(27)25(3-4-26)10-5-9-1-2-24(7-11(19)20)15(9)21-6-10;1-2-4-15-10-6-9-3-5-17(8-11(13)14)12(9)16-7-10;10-7-3-6-1-2-14(5-8(11)12)9(6)13-4-7;9-7-4-6-2-1-3-8(6)10-5-7;6-3-2(5(8)11)4(7)10-1-9-3/h6-7,10-11,13,16H,8-9,12H2,1-5H3;1-2,5-6,8,11,26H,3-4,7H2;3,5-7,11,15H,2,4,8H2,1H3;1-4,8H,5H2;1-2,4-5H,3H2;1H. The largest absolute Gasteiger partial charge is 0.415 e. The number of rotatable bonds is 22. The van der Waals surface area contributed by atoms with Crippen molar-refractivity contribution in [2.24, 2.45) is 0 Å². The molecule has 0 fully saturated rings. The van der Waals surface area contributed by atoms with Crippen molar-refractivity contribution in [3.63, 3.8) is 0 Å². The van der Waals surface area contributed by atoms with E-state index < -0.39 is 64.2 Å². The maximum Gasteiger partial charge on any atom is 0.264 e. The Morgan fingerprint density at radius 1 is 0.540 bits per heavy atom. The van der Waals surface area contributed by atoms with Crippen LogP contribution in [0.5, 0.6) is 0 Å². The number of anilines is 3. The van der Waals surface area contributed by atoms with Crippen molar-refractivity contribution in [2.45, 2.75) is 111 Å². The van der Waals surface area contributed by atoms with Gasteiger partial charge in [-0.1, -0.05) is 109 Å². The summed E-state index contributed by atoms with van der Waals surface area (Å²) in [5, 5.41) is 14.2. The monoisotopic (exact) mass is 1850 g/mol. The maximum absolute atomic E-state index is 13.5. The second-order valence-corrected chi connectivity index (χ2v) is 34.7. The zero-order chi connectivity index (χ0) is 82.6. The summed E-state index contributed by atoms with van der Waals surface area (Å²) in [7, 11) is -2.07. The Bertz CT molecular complexity index is 5240. The van der Waals surface area contributed by atoms with Crippen LogP contribution in [0.3, 0.4) is 0 Å². The number of aromatic nitrogens is 15. The fourth-order valence-corrected chi connectivity index (χ4v) is 13.9. The second-order valence-electron chi connectivity index (χ2n) is 25.6. The third-order valence-corrected chi connectivity index (χ3v) is 24.1. The molecule has 12 aromatic heterocycles. The van der Waals surface area contributed by atoms with Crippen molar-refractivity contribution in [3.8, 4) is 0 Å². The Morgan fingerprint density at radius 2 is 0.912 bits per heavy atom. The topological polar surface area (TPSA) is 261 Å². The molecule has 0 atom stereocenters. The van der Waals surface area contributed by atoms with Gasteiger partial charge in [0, 0.05) is 93.7 Å². The third kappa shape index (κ3) is 24.9.